The number of halogens is 1. The fourth-order valence-electron chi connectivity index (χ4n) is 1.66. The number of benzene rings is 1. The number of carbonyl (C=O) groups is 1. The monoisotopic (exact) mass is 325 g/mol. The SMILES string of the molecule is Cn1c(N)c(C(=O)CSc2ccc(Cl)cc2)c(=O)[nH]c1=O. The summed E-state index contributed by atoms with van der Waals surface area (Å²) in [5.41, 5.74) is 4.05. The third-order valence-corrected chi connectivity index (χ3v) is 4.10. The Balaban J connectivity index is 2.22. The molecule has 0 atom stereocenters. The average molecular weight is 326 g/mol. The number of hydrogen-bond acceptors (Lipinski definition) is 5. The highest BCUT2D eigenvalue weighted by Crippen LogP contribution is 2.21. The second-order valence-electron chi connectivity index (χ2n) is 4.24. The number of carbonyl (C=O) groups excluding carboxylic acids is 1. The van der Waals surface area contributed by atoms with Crippen molar-refractivity contribution in [2.45, 2.75) is 4.90 Å². The van der Waals surface area contributed by atoms with Crippen LogP contribution in [0, 0.1) is 0 Å². The molecule has 8 heteroatoms. The molecule has 0 saturated carbocycles. The first-order valence-electron chi connectivity index (χ1n) is 5.90. The van der Waals surface area contributed by atoms with E-state index in [1.165, 1.54) is 18.8 Å². The van der Waals surface area contributed by atoms with Crippen LogP contribution >= 0.6 is 23.4 Å². The molecule has 110 valence electrons. The number of hydrogen-bond donors (Lipinski definition) is 2. The van der Waals surface area contributed by atoms with E-state index in [1.807, 2.05) is 0 Å². The number of anilines is 1. The Kier molecular flexibility index (Phi) is 4.54. The number of nitrogen functional groups attached to an aromatic ring is 1. The highest BCUT2D eigenvalue weighted by atomic mass is 35.5. The lowest BCUT2D eigenvalue weighted by molar-refractivity contribution is 0.102. The summed E-state index contributed by atoms with van der Waals surface area (Å²) in [5, 5.41) is 0.601. The van der Waals surface area contributed by atoms with Crippen LogP contribution in [0.15, 0.2) is 38.8 Å². The van der Waals surface area contributed by atoms with Gasteiger partial charge in [-0.05, 0) is 24.3 Å². The number of ketones is 1. The van der Waals surface area contributed by atoms with Crippen molar-refractivity contribution in [1.29, 1.82) is 0 Å². The van der Waals surface area contributed by atoms with Crippen LogP contribution in [0.3, 0.4) is 0 Å². The summed E-state index contributed by atoms with van der Waals surface area (Å²) >= 11 is 7.03. The number of aromatic nitrogens is 2. The van der Waals surface area contributed by atoms with Crippen molar-refractivity contribution in [2.24, 2.45) is 7.05 Å². The van der Waals surface area contributed by atoms with E-state index in [-0.39, 0.29) is 17.1 Å². The molecule has 1 aromatic heterocycles. The quantitative estimate of drug-likeness (QED) is 0.652. The number of Topliss-reactive ketones (excluding diaryl/α,β-unsaturated/α-hetero) is 1. The van der Waals surface area contributed by atoms with Crippen molar-refractivity contribution >= 4 is 35.0 Å². The second kappa shape index (κ2) is 6.19. The summed E-state index contributed by atoms with van der Waals surface area (Å²) in [5.74, 6) is -0.539. The molecule has 6 nitrogen and oxygen atoms in total. The lowest BCUT2D eigenvalue weighted by Crippen LogP contribution is -2.35. The zero-order valence-electron chi connectivity index (χ0n) is 11.1. The highest BCUT2D eigenvalue weighted by molar-refractivity contribution is 8.00. The van der Waals surface area contributed by atoms with Crippen molar-refractivity contribution in [1.82, 2.24) is 9.55 Å². The van der Waals surface area contributed by atoms with Gasteiger partial charge in [-0.2, -0.15) is 0 Å². The van der Waals surface area contributed by atoms with Gasteiger partial charge in [0.05, 0.1) is 5.75 Å². The highest BCUT2D eigenvalue weighted by Gasteiger charge is 2.18. The fourth-order valence-corrected chi connectivity index (χ4v) is 2.55. The predicted octanol–water partition coefficient (Wildman–Crippen LogP) is 1.28. The Labute approximate surface area is 128 Å². The van der Waals surface area contributed by atoms with Gasteiger partial charge in [-0.1, -0.05) is 11.6 Å². The minimum Gasteiger partial charge on any atom is -0.384 e. The molecule has 2 rings (SSSR count). The maximum Gasteiger partial charge on any atom is 0.329 e. The molecule has 0 unspecified atom stereocenters. The molecule has 0 fully saturated rings. The summed E-state index contributed by atoms with van der Waals surface area (Å²) in [6.07, 6.45) is 0. The van der Waals surface area contributed by atoms with Crippen LogP contribution in [0.25, 0.3) is 0 Å². The third-order valence-electron chi connectivity index (χ3n) is 2.83. The van der Waals surface area contributed by atoms with E-state index in [0.717, 1.165) is 9.46 Å². The summed E-state index contributed by atoms with van der Waals surface area (Å²) in [4.78, 5) is 38.1. The molecule has 0 aliphatic carbocycles. The van der Waals surface area contributed by atoms with Crippen LogP contribution in [0.1, 0.15) is 10.4 Å². The van der Waals surface area contributed by atoms with Crippen molar-refractivity contribution in [3.63, 3.8) is 0 Å². The molecule has 0 amide bonds. The van der Waals surface area contributed by atoms with Crippen molar-refractivity contribution in [3.8, 4) is 0 Å². The van der Waals surface area contributed by atoms with Gasteiger partial charge >= 0.3 is 5.69 Å². The number of H-pyrrole nitrogens is 1. The standard InChI is InChI=1S/C13H12ClN3O3S/c1-17-11(15)10(12(19)16-13(17)20)9(18)6-21-8-4-2-7(14)3-5-8/h2-5H,6,15H2,1H3,(H,16,19,20). The first kappa shape index (κ1) is 15.4. The summed E-state index contributed by atoms with van der Waals surface area (Å²) in [6.45, 7) is 0. The van der Waals surface area contributed by atoms with Gasteiger partial charge in [0.2, 0.25) is 0 Å². The van der Waals surface area contributed by atoms with Gasteiger partial charge in [-0.25, -0.2) is 4.79 Å². The minimum absolute atomic E-state index is 0.0348. The van der Waals surface area contributed by atoms with E-state index in [9.17, 15) is 14.4 Å². The molecule has 1 heterocycles. The summed E-state index contributed by atoms with van der Waals surface area (Å²) < 4.78 is 1.03. The molecule has 21 heavy (non-hydrogen) atoms. The molecule has 0 radical (unpaired) electrons. The largest absolute Gasteiger partial charge is 0.384 e. The molecular formula is C13H12ClN3O3S. The average Bonchev–Trinajstić information content (AvgIpc) is 2.44. The van der Waals surface area contributed by atoms with Crippen LogP contribution < -0.4 is 17.0 Å². The number of nitrogens with two attached hydrogens (primary N) is 1. The topological polar surface area (TPSA) is 97.9 Å². The predicted molar refractivity (Wildman–Crippen MR) is 83.2 cm³/mol. The molecular weight excluding hydrogens is 314 g/mol. The van der Waals surface area contributed by atoms with Crippen LogP contribution in [-0.2, 0) is 7.05 Å². The Morgan fingerprint density at radius 1 is 1.33 bits per heavy atom. The van der Waals surface area contributed by atoms with Gasteiger partial charge < -0.3 is 5.73 Å². The summed E-state index contributed by atoms with van der Waals surface area (Å²) in [7, 11) is 1.39. The number of aromatic amines is 1. The van der Waals surface area contributed by atoms with Gasteiger partial charge in [-0.3, -0.25) is 19.1 Å². The van der Waals surface area contributed by atoms with E-state index in [2.05, 4.69) is 4.98 Å². The number of nitrogens with one attached hydrogen (secondary N) is 1. The zero-order valence-corrected chi connectivity index (χ0v) is 12.6. The van der Waals surface area contributed by atoms with E-state index in [4.69, 9.17) is 17.3 Å². The second-order valence-corrected chi connectivity index (χ2v) is 5.73. The van der Waals surface area contributed by atoms with Crippen LogP contribution in [-0.4, -0.2) is 21.1 Å². The molecule has 2 aromatic rings. The number of thioether (sulfide) groups is 1. The lowest BCUT2D eigenvalue weighted by atomic mass is 10.2. The van der Waals surface area contributed by atoms with Crippen LogP contribution in [0.2, 0.25) is 5.02 Å². The lowest BCUT2D eigenvalue weighted by Gasteiger charge is -2.07. The molecule has 0 aliphatic rings. The zero-order chi connectivity index (χ0) is 15.6. The Morgan fingerprint density at radius 3 is 2.57 bits per heavy atom. The first-order chi connectivity index (χ1) is 9.90. The van der Waals surface area contributed by atoms with Crippen LogP contribution in [0.5, 0.6) is 0 Å². The van der Waals surface area contributed by atoms with E-state index >= 15 is 0 Å². The third kappa shape index (κ3) is 3.37. The molecule has 1 aromatic carbocycles. The maximum atomic E-state index is 12.1. The molecule has 0 bridgehead atoms. The van der Waals surface area contributed by atoms with E-state index in [1.54, 1.807) is 24.3 Å². The number of rotatable bonds is 4. The van der Waals surface area contributed by atoms with Gasteiger partial charge in [0.1, 0.15) is 11.4 Å². The molecule has 0 aliphatic heterocycles. The number of nitrogens with zero attached hydrogens (tertiary/aromatic N) is 1. The minimum atomic E-state index is -0.766. The Hall–Kier alpha value is -1.99. The summed E-state index contributed by atoms with van der Waals surface area (Å²) in [6, 6.07) is 6.97. The first-order valence-corrected chi connectivity index (χ1v) is 7.27. The Morgan fingerprint density at radius 2 is 1.95 bits per heavy atom. The van der Waals surface area contributed by atoms with Gasteiger partial charge in [0.25, 0.3) is 5.56 Å². The van der Waals surface area contributed by atoms with Gasteiger partial charge in [0, 0.05) is 17.0 Å². The maximum absolute atomic E-state index is 12.1. The van der Waals surface area contributed by atoms with Crippen molar-refractivity contribution in [3.05, 3.63) is 55.7 Å². The normalized spacial score (nSPS) is 10.6. The van der Waals surface area contributed by atoms with Gasteiger partial charge in [0.15, 0.2) is 5.78 Å². The smallest absolute Gasteiger partial charge is 0.329 e. The fraction of sp³-hybridized carbons (Fsp3) is 0.154. The molecule has 0 saturated heterocycles. The van der Waals surface area contributed by atoms with E-state index in [0.29, 0.717) is 5.02 Å². The van der Waals surface area contributed by atoms with Crippen LogP contribution in [0.4, 0.5) is 5.82 Å². The van der Waals surface area contributed by atoms with E-state index < -0.39 is 17.0 Å². The Bertz CT molecular complexity index is 796. The van der Waals surface area contributed by atoms with Crippen molar-refractivity contribution in [2.75, 3.05) is 11.5 Å². The molecule has 3 N–H and O–H groups in total. The van der Waals surface area contributed by atoms with Crippen molar-refractivity contribution < 1.29 is 4.79 Å². The van der Waals surface area contributed by atoms with Gasteiger partial charge in [-0.15, -0.1) is 11.8 Å². The molecule has 0 spiro atoms.